The SMILES string of the molecule is CCN(CC(=O)O)C(=O)NCc1cccc2cccnc12. The lowest BCUT2D eigenvalue weighted by Gasteiger charge is -2.19. The number of fused-ring (bicyclic) bond motifs is 1. The van der Waals surface area contributed by atoms with Crippen molar-refractivity contribution in [2.75, 3.05) is 13.1 Å². The zero-order valence-electron chi connectivity index (χ0n) is 11.7. The number of rotatable bonds is 5. The lowest BCUT2D eigenvalue weighted by Crippen LogP contribution is -2.42. The van der Waals surface area contributed by atoms with Crippen LogP contribution < -0.4 is 5.32 Å². The second-order valence-electron chi connectivity index (χ2n) is 4.56. The highest BCUT2D eigenvalue weighted by molar-refractivity contribution is 5.83. The van der Waals surface area contributed by atoms with Crippen LogP contribution in [0, 0.1) is 0 Å². The molecule has 0 saturated carbocycles. The molecular weight excluding hydrogens is 270 g/mol. The van der Waals surface area contributed by atoms with E-state index in [-0.39, 0.29) is 6.54 Å². The van der Waals surface area contributed by atoms with Gasteiger partial charge in [-0.2, -0.15) is 0 Å². The number of nitrogens with zero attached hydrogens (tertiary/aromatic N) is 2. The highest BCUT2D eigenvalue weighted by Gasteiger charge is 2.14. The third kappa shape index (κ3) is 3.68. The van der Waals surface area contributed by atoms with E-state index in [0.29, 0.717) is 13.1 Å². The van der Waals surface area contributed by atoms with E-state index in [1.54, 1.807) is 13.1 Å². The Morgan fingerprint density at radius 3 is 2.76 bits per heavy atom. The van der Waals surface area contributed by atoms with Gasteiger partial charge >= 0.3 is 12.0 Å². The molecule has 6 heteroatoms. The molecule has 0 radical (unpaired) electrons. The Bertz CT molecular complexity index is 652. The molecule has 0 spiro atoms. The van der Waals surface area contributed by atoms with E-state index in [1.807, 2.05) is 30.3 Å². The molecule has 0 fully saturated rings. The van der Waals surface area contributed by atoms with Gasteiger partial charge in [0.15, 0.2) is 0 Å². The van der Waals surface area contributed by atoms with Crippen molar-refractivity contribution in [2.45, 2.75) is 13.5 Å². The molecule has 2 N–H and O–H groups in total. The summed E-state index contributed by atoms with van der Waals surface area (Å²) in [6.45, 7) is 2.08. The number of aliphatic carboxylic acids is 1. The minimum Gasteiger partial charge on any atom is -0.480 e. The number of para-hydroxylation sites is 1. The minimum atomic E-state index is -1.03. The molecule has 0 saturated heterocycles. The number of carboxylic acid groups (broad SMARTS) is 1. The summed E-state index contributed by atoms with van der Waals surface area (Å²) in [6.07, 6.45) is 1.70. The molecule has 0 bridgehead atoms. The average molecular weight is 287 g/mol. The molecule has 0 aliphatic heterocycles. The molecule has 6 nitrogen and oxygen atoms in total. The smallest absolute Gasteiger partial charge is 0.323 e. The van der Waals surface area contributed by atoms with Gasteiger partial charge in [-0.1, -0.05) is 24.3 Å². The number of hydrogen-bond donors (Lipinski definition) is 2. The van der Waals surface area contributed by atoms with Crippen LogP contribution in [0.1, 0.15) is 12.5 Å². The number of carbonyl (C=O) groups excluding carboxylic acids is 1. The van der Waals surface area contributed by atoms with Crippen LogP contribution in [-0.2, 0) is 11.3 Å². The molecule has 0 aliphatic rings. The van der Waals surface area contributed by atoms with Crippen LogP contribution in [0.15, 0.2) is 36.5 Å². The number of carboxylic acids is 1. The van der Waals surface area contributed by atoms with Gasteiger partial charge in [-0.05, 0) is 18.6 Å². The summed E-state index contributed by atoms with van der Waals surface area (Å²) >= 11 is 0. The molecule has 21 heavy (non-hydrogen) atoms. The zero-order chi connectivity index (χ0) is 15.2. The highest BCUT2D eigenvalue weighted by Crippen LogP contribution is 2.15. The van der Waals surface area contributed by atoms with Crippen molar-refractivity contribution in [3.63, 3.8) is 0 Å². The van der Waals surface area contributed by atoms with Crippen molar-refractivity contribution >= 4 is 22.9 Å². The van der Waals surface area contributed by atoms with E-state index in [0.717, 1.165) is 16.5 Å². The van der Waals surface area contributed by atoms with Crippen molar-refractivity contribution in [1.82, 2.24) is 15.2 Å². The molecular formula is C15H17N3O3. The Morgan fingerprint density at radius 1 is 1.29 bits per heavy atom. The fraction of sp³-hybridized carbons (Fsp3) is 0.267. The largest absolute Gasteiger partial charge is 0.480 e. The van der Waals surface area contributed by atoms with E-state index < -0.39 is 12.0 Å². The van der Waals surface area contributed by atoms with Gasteiger partial charge in [0.25, 0.3) is 0 Å². The van der Waals surface area contributed by atoms with Crippen LogP contribution in [0.3, 0.4) is 0 Å². The molecule has 0 unspecified atom stereocenters. The molecule has 0 atom stereocenters. The van der Waals surface area contributed by atoms with Gasteiger partial charge in [0.1, 0.15) is 6.54 Å². The minimum absolute atomic E-state index is 0.309. The third-order valence-corrected chi connectivity index (χ3v) is 3.14. The van der Waals surface area contributed by atoms with Gasteiger partial charge in [-0.15, -0.1) is 0 Å². The lowest BCUT2D eigenvalue weighted by atomic mass is 10.1. The molecule has 1 aromatic carbocycles. The van der Waals surface area contributed by atoms with Crippen LogP contribution >= 0.6 is 0 Å². The van der Waals surface area contributed by atoms with Crippen molar-refractivity contribution in [3.05, 3.63) is 42.1 Å². The van der Waals surface area contributed by atoms with Gasteiger partial charge in [-0.3, -0.25) is 9.78 Å². The summed E-state index contributed by atoms with van der Waals surface area (Å²) < 4.78 is 0. The highest BCUT2D eigenvalue weighted by atomic mass is 16.4. The summed E-state index contributed by atoms with van der Waals surface area (Å²) in [5.74, 6) is -1.03. The number of likely N-dealkylation sites (N-methyl/N-ethyl adjacent to an activating group) is 1. The molecule has 2 amide bonds. The topological polar surface area (TPSA) is 82.5 Å². The van der Waals surface area contributed by atoms with Gasteiger partial charge in [0.05, 0.1) is 5.52 Å². The Balaban J connectivity index is 2.07. The summed E-state index contributed by atoms with van der Waals surface area (Å²) in [5, 5.41) is 12.5. The first-order chi connectivity index (χ1) is 10.1. The van der Waals surface area contributed by atoms with Gasteiger partial charge < -0.3 is 15.3 Å². The fourth-order valence-electron chi connectivity index (χ4n) is 2.08. The van der Waals surface area contributed by atoms with E-state index in [2.05, 4.69) is 10.3 Å². The van der Waals surface area contributed by atoms with Gasteiger partial charge in [-0.25, -0.2) is 4.79 Å². The number of nitrogens with one attached hydrogen (secondary N) is 1. The van der Waals surface area contributed by atoms with E-state index >= 15 is 0 Å². The molecule has 0 aliphatic carbocycles. The number of aromatic nitrogens is 1. The van der Waals surface area contributed by atoms with E-state index in [9.17, 15) is 9.59 Å². The van der Waals surface area contributed by atoms with Crippen molar-refractivity contribution < 1.29 is 14.7 Å². The summed E-state index contributed by atoms with van der Waals surface area (Å²) in [5.41, 5.74) is 1.73. The number of amides is 2. The first kappa shape index (κ1) is 14.8. The molecule has 1 heterocycles. The van der Waals surface area contributed by atoms with Crippen LogP contribution in [0.4, 0.5) is 4.79 Å². The first-order valence-electron chi connectivity index (χ1n) is 6.69. The molecule has 110 valence electrons. The van der Waals surface area contributed by atoms with Crippen molar-refractivity contribution in [1.29, 1.82) is 0 Å². The quantitative estimate of drug-likeness (QED) is 0.879. The standard InChI is InChI=1S/C15H17N3O3/c1-2-18(10-13(19)20)15(21)17-9-12-6-3-5-11-7-4-8-16-14(11)12/h3-8H,2,9-10H2,1H3,(H,17,21)(H,19,20). The first-order valence-corrected chi connectivity index (χ1v) is 6.69. The maximum absolute atomic E-state index is 12.0. The molecule has 2 rings (SSSR count). The van der Waals surface area contributed by atoms with Crippen LogP contribution in [0.25, 0.3) is 10.9 Å². The monoisotopic (exact) mass is 287 g/mol. The predicted molar refractivity (Wildman–Crippen MR) is 78.9 cm³/mol. The van der Waals surface area contributed by atoms with E-state index in [1.165, 1.54) is 4.90 Å². The Labute approximate surface area is 122 Å². The number of pyridine rings is 1. The van der Waals surface area contributed by atoms with Crippen LogP contribution in [-0.4, -0.2) is 40.1 Å². The summed E-state index contributed by atoms with van der Waals surface area (Å²) in [4.78, 5) is 28.2. The normalized spacial score (nSPS) is 10.3. The maximum atomic E-state index is 12.0. The number of hydrogen-bond acceptors (Lipinski definition) is 3. The summed E-state index contributed by atoms with van der Waals surface area (Å²) in [6, 6.07) is 9.17. The van der Waals surface area contributed by atoms with Crippen LogP contribution in [0.2, 0.25) is 0 Å². The predicted octanol–water partition coefficient (Wildman–Crippen LogP) is 1.85. The second kappa shape index (κ2) is 6.69. The zero-order valence-corrected chi connectivity index (χ0v) is 11.7. The lowest BCUT2D eigenvalue weighted by molar-refractivity contribution is -0.137. The Morgan fingerprint density at radius 2 is 2.05 bits per heavy atom. The van der Waals surface area contributed by atoms with Crippen molar-refractivity contribution in [2.24, 2.45) is 0 Å². The Kier molecular flexibility index (Phi) is 4.71. The third-order valence-electron chi connectivity index (χ3n) is 3.14. The van der Waals surface area contributed by atoms with Gasteiger partial charge in [0.2, 0.25) is 0 Å². The number of benzene rings is 1. The van der Waals surface area contributed by atoms with E-state index in [4.69, 9.17) is 5.11 Å². The number of urea groups is 1. The van der Waals surface area contributed by atoms with Gasteiger partial charge in [0, 0.05) is 24.7 Å². The van der Waals surface area contributed by atoms with Crippen molar-refractivity contribution in [3.8, 4) is 0 Å². The number of carbonyl (C=O) groups is 2. The van der Waals surface area contributed by atoms with Crippen LogP contribution in [0.5, 0.6) is 0 Å². The second-order valence-corrected chi connectivity index (χ2v) is 4.56. The molecule has 2 aromatic rings. The fourth-order valence-corrected chi connectivity index (χ4v) is 2.08. The Hall–Kier alpha value is -2.63. The average Bonchev–Trinajstić information content (AvgIpc) is 2.50. The molecule has 1 aromatic heterocycles. The maximum Gasteiger partial charge on any atom is 0.323 e. The summed E-state index contributed by atoms with van der Waals surface area (Å²) in [7, 11) is 0.